The van der Waals surface area contributed by atoms with Gasteiger partial charge in [-0.2, -0.15) is 0 Å². The molecule has 7 nitrogen and oxygen atoms in total. The highest BCUT2D eigenvalue weighted by molar-refractivity contribution is 5.81. The highest BCUT2D eigenvalue weighted by atomic mass is 16.5. The molecule has 1 fully saturated rings. The van der Waals surface area contributed by atoms with Crippen molar-refractivity contribution in [2.45, 2.75) is 18.9 Å². The molecule has 0 bridgehead atoms. The van der Waals surface area contributed by atoms with Crippen molar-refractivity contribution in [3.8, 4) is 0 Å². The Morgan fingerprint density at radius 2 is 2.04 bits per heavy atom. The third-order valence-corrected chi connectivity index (χ3v) is 5.01. The van der Waals surface area contributed by atoms with Crippen LogP contribution in [0.3, 0.4) is 0 Å². The second-order valence-corrected chi connectivity index (χ2v) is 6.97. The first-order chi connectivity index (χ1) is 12.4. The molecule has 7 heteroatoms. The molecule has 0 saturated carbocycles. The van der Waals surface area contributed by atoms with Crippen LogP contribution in [0.1, 0.15) is 12.0 Å². The lowest BCUT2D eigenvalue weighted by Gasteiger charge is -2.43. The van der Waals surface area contributed by atoms with E-state index in [0.717, 1.165) is 5.56 Å². The highest BCUT2D eigenvalue weighted by Crippen LogP contribution is 2.34. The normalized spacial score (nSPS) is 23.2. The number of rotatable bonds is 8. The third-order valence-electron chi connectivity index (χ3n) is 5.01. The quantitative estimate of drug-likeness (QED) is 0.697. The monoisotopic (exact) mass is 364 g/mol. The number of aliphatic hydroxyl groups excluding tert-OH is 1. The summed E-state index contributed by atoms with van der Waals surface area (Å²) in [4.78, 5) is 28.1. The lowest BCUT2D eigenvalue weighted by atomic mass is 9.73. The summed E-state index contributed by atoms with van der Waals surface area (Å²) in [5.41, 5.74) is -0.555. The number of amides is 1. The summed E-state index contributed by atoms with van der Waals surface area (Å²) in [6.07, 6.45) is -0.546. The minimum Gasteiger partial charge on any atom is -0.481 e. The van der Waals surface area contributed by atoms with Gasteiger partial charge in [0.15, 0.2) is 0 Å². The molecule has 26 heavy (non-hydrogen) atoms. The van der Waals surface area contributed by atoms with Crippen LogP contribution in [0, 0.1) is 5.41 Å². The second-order valence-electron chi connectivity index (χ2n) is 6.97. The zero-order valence-corrected chi connectivity index (χ0v) is 15.4. The van der Waals surface area contributed by atoms with Gasteiger partial charge in [-0.15, -0.1) is 0 Å². The number of likely N-dealkylation sites (N-methyl/N-ethyl adjacent to an activating group) is 1. The summed E-state index contributed by atoms with van der Waals surface area (Å²) in [6.45, 7) is 1.71. The number of hydrogen-bond acceptors (Lipinski definition) is 5. The summed E-state index contributed by atoms with van der Waals surface area (Å²) >= 11 is 0. The van der Waals surface area contributed by atoms with Gasteiger partial charge in [-0.1, -0.05) is 30.3 Å². The summed E-state index contributed by atoms with van der Waals surface area (Å²) in [7, 11) is 3.43. The Balaban J connectivity index is 2.12. The van der Waals surface area contributed by atoms with E-state index in [9.17, 15) is 19.8 Å². The zero-order valence-electron chi connectivity index (χ0n) is 15.4. The number of carboxylic acids is 1. The molecule has 0 aromatic heterocycles. The SMILES string of the molecule is COCCN(C)CC(=O)N1CC[C@@H](O)[C@](Cc2ccccc2)(C(=O)O)C1. The number of ether oxygens (including phenoxy) is 1. The Kier molecular flexibility index (Phi) is 7.14. The van der Waals surface area contributed by atoms with Crippen LogP contribution in [0.25, 0.3) is 0 Å². The van der Waals surface area contributed by atoms with E-state index in [-0.39, 0.29) is 31.8 Å². The molecule has 0 radical (unpaired) electrons. The molecule has 1 amide bonds. The van der Waals surface area contributed by atoms with Crippen LogP contribution in [0.2, 0.25) is 0 Å². The van der Waals surface area contributed by atoms with E-state index in [1.165, 1.54) is 0 Å². The number of aliphatic hydroxyl groups is 1. The molecule has 2 rings (SSSR count). The first-order valence-corrected chi connectivity index (χ1v) is 8.79. The van der Waals surface area contributed by atoms with Crippen molar-refractivity contribution < 1.29 is 24.5 Å². The molecular weight excluding hydrogens is 336 g/mol. The maximum Gasteiger partial charge on any atom is 0.314 e. The molecule has 2 atom stereocenters. The van der Waals surface area contributed by atoms with E-state index in [2.05, 4.69) is 0 Å². The maximum atomic E-state index is 12.6. The van der Waals surface area contributed by atoms with Gasteiger partial charge in [0, 0.05) is 26.7 Å². The van der Waals surface area contributed by atoms with Crippen LogP contribution in [0.4, 0.5) is 0 Å². The number of piperidine rings is 1. The first-order valence-electron chi connectivity index (χ1n) is 8.79. The van der Waals surface area contributed by atoms with E-state index in [1.807, 2.05) is 42.3 Å². The number of aliphatic carboxylic acids is 1. The standard InChI is InChI=1S/C19H28N2O5/c1-20(10-11-26-2)13-17(23)21-9-8-16(22)19(14-21,18(24)25)12-15-6-4-3-5-7-15/h3-7,16,22H,8-14H2,1-2H3,(H,24,25)/t16-,19-/m1/s1. The Bertz CT molecular complexity index is 609. The molecule has 0 spiro atoms. The largest absolute Gasteiger partial charge is 0.481 e. The number of carbonyl (C=O) groups excluding carboxylic acids is 1. The minimum atomic E-state index is -1.39. The minimum absolute atomic E-state index is 0.00927. The molecule has 1 heterocycles. The molecular formula is C19H28N2O5. The number of hydrogen-bond donors (Lipinski definition) is 2. The summed E-state index contributed by atoms with van der Waals surface area (Å²) in [6, 6.07) is 9.23. The van der Waals surface area contributed by atoms with Crippen LogP contribution in [0.15, 0.2) is 30.3 Å². The molecule has 1 aromatic rings. The number of carbonyl (C=O) groups is 2. The summed E-state index contributed by atoms with van der Waals surface area (Å²) in [5, 5.41) is 20.4. The van der Waals surface area contributed by atoms with Crippen LogP contribution >= 0.6 is 0 Å². The smallest absolute Gasteiger partial charge is 0.314 e. The number of likely N-dealkylation sites (tertiary alicyclic amines) is 1. The van der Waals surface area contributed by atoms with Crippen LogP contribution in [0.5, 0.6) is 0 Å². The molecule has 1 aliphatic rings. The predicted molar refractivity (Wildman–Crippen MR) is 96.8 cm³/mol. The van der Waals surface area contributed by atoms with E-state index >= 15 is 0 Å². The van der Waals surface area contributed by atoms with E-state index < -0.39 is 17.5 Å². The van der Waals surface area contributed by atoms with Crippen molar-refractivity contribution in [1.29, 1.82) is 0 Å². The van der Waals surface area contributed by atoms with E-state index in [0.29, 0.717) is 19.7 Å². The number of benzene rings is 1. The van der Waals surface area contributed by atoms with Crippen molar-refractivity contribution in [3.05, 3.63) is 35.9 Å². The Labute approximate surface area is 154 Å². The van der Waals surface area contributed by atoms with E-state index in [1.54, 1.807) is 12.0 Å². The second kappa shape index (κ2) is 9.12. The molecule has 144 valence electrons. The van der Waals surface area contributed by atoms with Crippen LogP contribution < -0.4 is 0 Å². The third kappa shape index (κ3) is 4.81. The van der Waals surface area contributed by atoms with Gasteiger partial charge in [0.25, 0.3) is 0 Å². The molecule has 1 aliphatic heterocycles. The summed E-state index contributed by atoms with van der Waals surface area (Å²) in [5.74, 6) is -1.20. The van der Waals surface area contributed by atoms with Crippen molar-refractivity contribution in [2.75, 3.05) is 46.9 Å². The van der Waals surface area contributed by atoms with Crippen LogP contribution in [-0.4, -0.2) is 84.9 Å². The van der Waals surface area contributed by atoms with Gasteiger partial charge in [0.1, 0.15) is 5.41 Å². The average molecular weight is 364 g/mol. The molecule has 1 aromatic carbocycles. The van der Waals surface area contributed by atoms with Gasteiger partial charge in [-0.05, 0) is 25.5 Å². The fourth-order valence-corrected chi connectivity index (χ4v) is 3.37. The Morgan fingerprint density at radius 3 is 2.65 bits per heavy atom. The van der Waals surface area contributed by atoms with Gasteiger partial charge >= 0.3 is 5.97 Å². The van der Waals surface area contributed by atoms with Gasteiger partial charge in [-0.25, -0.2) is 0 Å². The molecule has 2 N–H and O–H groups in total. The van der Waals surface area contributed by atoms with Crippen LogP contribution in [-0.2, 0) is 20.7 Å². The van der Waals surface area contributed by atoms with Gasteiger partial charge in [0.05, 0.1) is 19.3 Å². The van der Waals surface area contributed by atoms with Gasteiger partial charge < -0.3 is 19.8 Å². The maximum absolute atomic E-state index is 12.6. The average Bonchev–Trinajstić information content (AvgIpc) is 2.62. The van der Waals surface area contributed by atoms with Gasteiger partial charge in [0.2, 0.25) is 5.91 Å². The number of methoxy groups -OCH3 is 1. The lowest BCUT2D eigenvalue weighted by molar-refractivity contribution is -0.166. The van der Waals surface area contributed by atoms with E-state index in [4.69, 9.17) is 4.74 Å². The topological polar surface area (TPSA) is 90.3 Å². The first kappa shape index (κ1) is 20.4. The predicted octanol–water partition coefficient (Wildman–Crippen LogP) is 0.472. The van der Waals surface area contributed by atoms with Crippen molar-refractivity contribution in [3.63, 3.8) is 0 Å². The van der Waals surface area contributed by atoms with Gasteiger partial charge in [-0.3, -0.25) is 14.5 Å². The highest BCUT2D eigenvalue weighted by Gasteiger charge is 2.50. The van der Waals surface area contributed by atoms with Crippen molar-refractivity contribution in [1.82, 2.24) is 9.80 Å². The Morgan fingerprint density at radius 1 is 1.35 bits per heavy atom. The van der Waals surface area contributed by atoms with Crippen molar-refractivity contribution >= 4 is 11.9 Å². The fourth-order valence-electron chi connectivity index (χ4n) is 3.37. The summed E-state index contributed by atoms with van der Waals surface area (Å²) < 4.78 is 5.01. The van der Waals surface area contributed by atoms with Crippen molar-refractivity contribution in [2.24, 2.45) is 5.41 Å². The lowest BCUT2D eigenvalue weighted by Crippen LogP contribution is -2.59. The molecule has 0 unspecified atom stereocenters. The fraction of sp³-hybridized carbons (Fsp3) is 0.579. The number of nitrogens with zero attached hydrogens (tertiary/aromatic N) is 2. The Hall–Kier alpha value is -1.96. The molecule has 0 aliphatic carbocycles. The molecule has 1 saturated heterocycles. The number of carboxylic acid groups (broad SMARTS) is 1. The zero-order chi connectivity index (χ0) is 19.2.